The molecule has 1 N–H and O–H groups in total. The minimum atomic E-state index is 0.0932. The first-order valence-electron chi connectivity index (χ1n) is 8.20. The van der Waals surface area contributed by atoms with Crippen LogP contribution in [0.1, 0.15) is 51.6 Å². The van der Waals surface area contributed by atoms with Gasteiger partial charge in [-0.3, -0.25) is 0 Å². The van der Waals surface area contributed by atoms with Gasteiger partial charge in [0.25, 0.3) is 0 Å². The molecule has 0 radical (unpaired) electrons. The van der Waals surface area contributed by atoms with Crippen LogP contribution in [-0.2, 0) is 0 Å². The number of nitrogens with one attached hydrogen (secondary N) is 1. The minimum absolute atomic E-state index is 0.0932. The van der Waals surface area contributed by atoms with Crippen LogP contribution in [0, 0.1) is 11.8 Å². The van der Waals surface area contributed by atoms with E-state index in [9.17, 15) is 4.79 Å². The number of benzene rings is 1. The lowest BCUT2D eigenvalue weighted by Crippen LogP contribution is -2.48. The Labute approximate surface area is 128 Å². The molecule has 0 aliphatic carbocycles. The van der Waals surface area contributed by atoms with Crippen LogP contribution in [0.5, 0.6) is 0 Å². The van der Waals surface area contributed by atoms with Crippen molar-refractivity contribution >= 4 is 6.03 Å². The fourth-order valence-corrected chi connectivity index (χ4v) is 3.37. The van der Waals surface area contributed by atoms with Gasteiger partial charge in [-0.15, -0.1) is 0 Å². The predicted octanol–water partition coefficient (Wildman–Crippen LogP) is 4.22. The van der Waals surface area contributed by atoms with Gasteiger partial charge in [0.05, 0.1) is 6.04 Å². The van der Waals surface area contributed by atoms with E-state index in [0.29, 0.717) is 11.8 Å². The van der Waals surface area contributed by atoms with Gasteiger partial charge < -0.3 is 10.2 Å². The number of rotatable bonds is 4. The second-order valence-electron chi connectivity index (χ2n) is 6.55. The van der Waals surface area contributed by atoms with Crippen LogP contribution in [0.4, 0.5) is 4.79 Å². The van der Waals surface area contributed by atoms with Crippen LogP contribution >= 0.6 is 0 Å². The van der Waals surface area contributed by atoms with Gasteiger partial charge >= 0.3 is 6.03 Å². The van der Waals surface area contributed by atoms with Crippen molar-refractivity contribution in [2.24, 2.45) is 11.8 Å². The van der Waals surface area contributed by atoms with Gasteiger partial charge in [-0.05, 0) is 30.2 Å². The fraction of sp³-hybridized carbons (Fsp3) is 0.611. The summed E-state index contributed by atoms with van der Waals surface area (Å²) in [5.74, 6) is 1.20. The Morgan fingerprint density at radius 2 is 1.86 bits per heavy atom. The normalized spacial score (nSPS) is 23.7. The van der Waals surface area contributed by atoms with E-state index in [0.717, 1.165) is 25.9 Å². The SMILES string of the molecule is CCCC(NC(=O)N1CC(C)CC(C)C1)c1ccccc1. The Balaban J connectivity index is 2.01. The van der Waals surface area contributed by atoms with E-state index in [1.807, 2.05) is 23.1 Å². The molecule has 1 aliphatic rings. The molecule has 0 spiro atoms. The molecular weight excluding hydrogens is 260 g/mol. The highest BCUT2D eigenvalue weighted by Gasteiger charge is 2.26. The molecule has 2 rings (SSSR count). The zero-order valence-corrected chi connectivity index (χ0v) is 13.5. The lowest BCUT2D eigenvalue weighted by atomic mass is 9.92. The Morgan fingerprint density at radius 1 is 1.24 bits per heavy atom. The average Bonchev–Trinajstić information content (AvgIpc) is 2.46. The molecule has 3 atom stereocenters. The fourth-order valence-electron chi connectivity index (χ4n) is 3.37. The molecule has 1 aromatic carbocycles. The molecule has 21 heavy (non-hydrogen) atoms. The highest BCUT2D eigenvalue weighted by atomic mass is 16.2. The van der Waals surface area contributed by atoms with Crippen LogP contribution in [0.15, 0.2) is 30.3 Å². The van der Waals surface area contributed by atoms with Gasteiger partial charge in [0.15, 0.2) is 0 Å². The first-order chi connectivity index (χ1) is 10.1. The molecule has 3 nitrogen and oxygen atoms in total. The van der Waals surface area contributed by atoms with E-state index in [2.05, 4.69) is 38.2 Å². The monoisotopic (exact) mass is 288 g/mol. The van der Waals surface area contributed by atoms with Crippen molar-refractivity contribution in [1.29, 1.82) is 0 Å². The van der Waals surface area contributed by atoms with Crippen LogP contribution in [0.25, 0.3) is 0 Å². The maximum atomic E-state index is 12.6. The third-order valence-electron chi connectivity index (χ3n) is 4.23. The van der Waals surface area contributed by atoms with Gasteiger partial charge in [0.2, 0.25) is 0 Å². The lowest BCUT2D eigenvalue weighted by Gasteiger charge is -2.36. The summed E-state index contributed by atoms with van der Waals surface area (Å²) in [7, 11) is 0. The maximum absolute atomic E-state index is 12.6. The lowest BCUT2D eigenvalue weighted by molar-refractivity contribution is 0.143. The van der Waals surface area contributed by atoms with E-state index in [1.54, 1.807) is 0 Å². The third kappa shape index (κ3) is 4.48. The zero-order valence-electron chi connectivity index (χ0n) is 13.5. The Kier molecular flexibility index (Phi) is 5.66. The summed E-state index contributed by atoms with van der Waals surface area (Å²) in [5, 5.41) is 3.23. The molecule has 2 amide bonds. The molecule has 1 saturated heterocycles. The Hall–Kier alpha value is -1.51. The van der Waals surface area contributed by atoms with Crippen molar-refractivity contribution in [2.45, 2.75) is 46.1 Å². The molecule has 1 fully saturated rings. The molecule has 3 unspecified atom stereocenters. The van der Waals surface area contributed by atoms with Gasteiger partial charge in [-0.25, -0.2) is 4.79 Å². The van der Waals surface area contributed by atoms with Crippen LogP contribution in [-0.4, -0.2) is 24.0 Å². The van der Waals surface area contributed by atoms with E-state index < -0.39 is 0 Å². The Morgan fingerprint density at radius 3 is 2.43 bits per heavy atom. The number of carbonyl (C=O) groups excluding carboxylic acids is 1. The van der Waals surface area contributed by atoms with Crippen molar-refractivity contribution in [2.75, 3.05) is 13.1 Å². The Bertz CT molecular complexity index is 436. The van der Waals surface area contributed by atoms with E-state index in [-0.39, 0.29) is 12.1 Å². The van der Waals surface area contributed by atoms with Crippen molar-refractivity contribution in [1.82, 2.24) is 10.2 Å². The first-order valence-corrected chi connectivity index (χ1v) is 8.20. The third-order valence-corrected chi connectivity index (χ3v) is 4.23. The summed E-state index contributed by atoms with van der Waals surface area (Å²) in [6, 6.07) is 10.5. The average molecular weight is 288 g/mol. The van der Waals surface area contributed by atoms with Crippen LogP contribution in [0.2, 0.25) is 0 Å². The van der Waals surface area contributed by atoms with Gasteiger partial charge in [0.1, 0.15) is 0 Å². The van der Waals surface area contributed by atoms with E-state index in [4.69, 9.17) is 0 Å². The van der Waals surface area contributed by atoms with Crippen molar-refractivity contribution in [3.8, 4) is 0 Å². The highest BCUT2D eigenvalue weighted by Crippen LogP contribution is 2.23. The van der Waals surface area contributed by atoms with E-state index in [1.165, 1.54) is 12.0 Å². The molecule has 0 saturated carbocycles. The zero-order chi connectivity index (χ0) is 15.2. The summed E-state index contributed by atoms with van der Waals surface area (Å²) < 4.78 is 0. The quantitative estimate of drug-likeness (QED) is 0.884. The van der Waals surface area contributed by atoms with Crippen LogP contribution < -0.4 is 5.32 Å². The molecule has 1 heterocycles. The summed E-state index contributed by atoms with van der Waals surface area (Å²) in [4.78, 5) is 14.6. The summed E-state index contributed by atoms with van der Waals surface area (Å²) in [5.41, 5.74) is 1.20. The molecule has 3 heteroatoms. The highest BCUT2D eigenvalue weighted by molar-refractivity contribution is 5.74. The minimum Gasteiger partial charge on any atom is -0.331 e. The standard InChI is InChI=1S/C18H28N2O/c1-4-8-17(16-9-6-5-7-10-16)19-18(21)20-12-14(2)11-15(3)13-20/h5-7,9-10,14-15,17H,4,8,11-13H2,1-3H3,(H,19,21). The van der Waals surface area contributed by atoms with E-state index >= 15 is 0 Å². The molecule has 1 aromatic rings. The molecule has 116 valence electrons. The van der Waals surface area contributed by atoms with Gasteiger partial charge in [-0.2, -0.15) is 0 Å². The van der Waals surface area contributed by atoms with Gasteiger partial charge in [-0.1, -0.05) is 57.5 Å². The van der Waals surface area contributed by atoms with Crippen molar-refractivity contribution in [3.63, 3.8) is 0 Å². The molecule has 1 aliphatic heterocycles. The molecular formula is C18H28N2O. The number of carbonyl (C=O) groups is 1. The first kappa shape index (κ1) is 15.9. The number of amides is 2. The second kappa shape index (κ2) is 7.48. The number of hydrogen-bond donors (Lipinski definition) is 1. The number of urea groups is 1. The number of likely N-dealkylation sites (tertiary alicyclic amines) is 1. The molecule has 0 bridgehead atoms. The summed E-state index contributed by atoms with van der Waals surface area (Å²) >= 11 is 0. The summed E-state index contributed by atoms with van der Waals surface area (Å²) in [6.45, 7) is 8.38. The molecule has 0 aromatic heterocycles. The van der Waals surface area contributed by atoms with Crippen LogP contribution in [0.3, 0.4) is 0 Å². The number of nitrogens with zero attached hydrogens (tertiary/aromatic N) is 1. The largest absolute Gasteiger partial charge is 0.331 e. The topological polar surface area (TPSA) is 32.3 Å². The number of hydrogen-bond acceptors (Lipinski definition) is 1. The second-order valence-corrected chi connectivity index (χ2v) is 6.55. The predicted molar refractivity (Wildman–Crippen MR) is 87.1 cm³/mol. The smallest absolute Gasteiger partial charge is 0.317 e. The summed E-state index contributed by atoms with van der Waals surface area (Å²) in [6.07, 6.45) is 3.27. The van der Waals surface area contributed by atoms with Crippen molar-refractivity contribution in [3.05, 3.63) is 35.9 Å². The van der Waals surface area contributed by atoms with Crippen molar-refractivity contribution < 1.29 is 4.79 Å². The van der Waals surface area contributed by atoms with Gasteiger partial charge in [0, 0.05) is 13.1 Å². The maximum Gasteiger partial charge on any atom is 0.317 e. The number of piperidine rings is 1.